The summed E-state index contributed by atoms with van der Waals surface area (Å²) in [6.07, 6.45) is -0.695. The molecule has 1 aliphatic heterocycles. The van der Waals surface area contributed by atoms with Crippen LogP contribution in [0.3, 0.4) is 0 Å². The lowest BCUT2D eigenvalue weighted by atomic mass is 9.95. The van der Waals surface area contributed by atoms with Crippen molar-refractivity contribution in [2.45, 2.75) is 103 Å². The molecule has 0 spiro atoms. The van der Waals surface area contributed by atoms with Crippen molar-refractivity contribution in [2.24, 2.45) is 11.8 Å². The number of aliphatic hydroxyl groups excluding tert-OH is 2. The first-order valence-corrected chi connectivity index (χ1v) is 20.4. The van der Waals surface area contributed by atoms with Crippen molar-refractivity contribution in [1.29, 1.82) is 0 Å². The predicted molar refractivity (Wildman–Crippen MR) is 217 cm³/mol. The molecular weight excluding hydrogens is 719 g/mol. The second kappa shape index (κ2) is 21.8. The molecule has 0 aromatic heterocycles. The van der Waals surface area contributed by atoms with Gasteiger partial charge in [-0.3, -0.25) is 19.3 Å². The summed E-state index contributed by atoms with van der Waals surface area (Å²) in [4.78, 5) is 56.9. The minimum absolute atomic E-state index is 0.0157. The molecule has 1 saturated heterocycles. The van der Waals surface area contributed by atoms with Crippen LogP contribution in [0.15, 0.2) is 72.8 Å². The van der Waals surface area contributed by atoms with E-state index in [1.54, 1.807) is 11.8 Å². The first kappa shape index (κ1) is 43.6. The molecule has 3 aromatic carbocycles. The van der Waals surface area contributed by atoms with Crippen LogP contribution in [0.2, 0.25) is 0 Å². The molecule has 1 aliphatic rings. The largest absolute Gasteiger partial charge is 0.445 e. The van der Waals surface area contributed by atoms with Crippen molar-refractivity contribution in [1.82, 2.24) is 26.2 Å². The Bertz CT molecular complexity index is 1690. The number of carbonyl (C=O) groups excluding carboxylic acids is 4. The third-order valence-corrected chi connectivity index (χ3v) is 11.5. The fraction of sp³-hybridized carbons (Fsp3) is 0.524. The van der Waals surface area contributed by atoms with Gasteiger partial charge >= 0.3 is 6.09 Å². The average molecular weight is 778 g/mol. The highest BCUT2D eigenvalue weighted by molar-refractivity contribution is 7.99. The van der Waals surface area contributed by atoms with Gasteiger partial charge in [0.15, 0.2) is 0 Å². The molecule has 7 atom stereocenters. The van der Waals surface area contributed by atoms with Gasteiger partial charge in [-0.1, -0.05) is 107 Å². The number of rotatable bonds is 20. The van der Waals surface area contributed by atoms with Gasteiger partial charge in [0, 0.05) is 24.1 Å². The summed E-state index contributed by atoms with van der Waals surface area (Å²) in [5, 5.41) is 34.6. The molecule has 4 rings (SSSR count). The van der Waals surface area contributed by atoms with Gasteiger partial charge in [0.1, 0.15) is 18.7 Å². The number of benzene rings is 3. The highest BCUT2D eigenvalue weighted by Crippen LogP contribution is 2.24. The maximum Gasteiger partial charge on any atom is 0.408 e. The molecule has 0 saturated carbocycles. The monoisotopic (exact) mass is 777 g/mol. The maximum atomic E-state index is 14.3. The van der Waals surface area contributed by atoms with Crippen LogP contribution in [0.4, 0.5) is 4.79 Å². The van der Waals surface area contributed by atoms with Crippen LogP contribution >= 0.6 is 11.8 Å². The van der Waals surface area contributed by atoms with Gasteiger partial charge in [0.2, 0.25) is 17.7 Å². The van der Waals surface area contributed by atoms with Crippen LogP contribution in [0, 0.1) is 11.8 Å². The summed E-state index contributed by atoms with van der Waals surface area (Å²) in [7, 11) is 1.97. The van der Waals surface area contributed by atoms with Gasteiger partial charge in [0.25, 0.3) is 0 Å². The van der Waals surface area contributed by atoms with Crippen molar-refractivity contribution in [3.8, 4) is 0 Å². The Balaban J connectivity index is 1.56. The van der Waals surface area contributed by atoms with Crippen molar-refractivity contribution in [2.75, 3.05) is 25.3 Å². The third kappa shape index (κ3) is 13.5. The van der Waals surface area contributed by atoms with Gasteiger partial charge in [-0.05, 0) is 53.6 Å². The Morgan fingerprint density at radius 2 is 1.56 bits per heavy atom. The number of alkyl carbamates (subject to hydrolysis) is 1. The van der Waals surface area contributed by atoms with Crippen LogP contribution in [0.5, 0.6) is 0 Å². The van der Waals surface area contributed by atoms with E-state index in [0.717, 1.165) is 39.9 Å². The topological polar surface area (TPSA) is 169 Å². The standard InChI is InChI=1S/C42H59N5O7S/c1-6-28(4)37(23-48)43-39(50)22-38(49)34(19-27(2)3)44-41(52)36(21-32-25-55-26-47(32)5)45-40(51)35(46-42(53)54-24-29-13-8-7-9-14-29)20-31-17-12-16-30-15-10-11-18-33(30)31/h7-18,27-28,32,34-38,48-49H,6,19-26H2,1-5H3,(H,43,50)(H,44,52)(H,45,51)(H,46,53)/t28-,32?,34-,35-,36-,37+,38-/m0/s1. The lowest BCUT2D eigenvalue weighted by Crippen LogP contribution is -2.58. The minimum atomic E-state index is -1.22. The van der Waals surface area contributed by atoms with Crippen LogP contribution in [-0.2, 0) is 32.1 Å². The van der Waals surface area contributed by atoms with Gasteiger partial charge in [0.05, 0.1) is 31.2 Å². The quantitative estimate of drug-likeness (QED) is 0.0977. The summed E-state index contributed by atoms with van der Waals surface area (Å²) in [6.45, 7) is 7.62. The number of carbonyl (C=O) groups is 4. The number of nitrogens with zero attached hydrogens (tertiary/aromatic N) is 1. The number of hydrogen-bond donors (Lipinski definition) is 6. The Morgan fingerprint density at radius 1 is 0.873 bits per heavy atom. The summed E-state index contributed by atoms with van der Waals surface area (Å²) in [5.74, 6) is 0.172. The normalized spacial score (nSPS) is 17.8. The highest BCUT2D eigenvalue weighted by atomic mass is 32.2. The summed E-state index contributed by atoms with van der Waals surface area (Å²) in [5.41, 5.74) is 1.63. The molecule has 0 aliphatic carbocycles. The van der Waals surface area contributed by atoms with E-state index in [9.17, 15) is 29.4 Å². The van der Waals surface area contributed by atoms with Crippen molar-refractivity contribution in [3.63, 3.8) is 0 Å². The van der Waals surface area contributed by atoms with Crippen LogP contribution in [-0.4, -0.2) is 101 Å². The van der Waals surface area contributed by atoms with E-state index in [1.807, 2.05) is 108 Å². The second-order valence-corrected chi connectivity index (χ2v) is 16.1. The van der Waals surface area contributed by atoms with Crippen molar-refractivity contribution < 1.29 is 34.1 Å². The molecule has 0 bridgehead atoms. The summed E-state index contributed by atoms with van der Waals surface area (Å²) < 4.78 is 5.51. The minimum Gasteiger partial charge on any atom is -0.445 e. The Hall–Kier alpha value is -4.17. The first-order chi connectivity index (χ1) is 26.4. The summed E-state index contributed by atoms with van der Waals surface area (Å²) in [6, 6.07) is 19.5. The molecule has 12 nitrogen and oxygen atoms in total. The average Bonchev–Trinajstić information content (AvgIpc) is 3.58. The third-order valence-electron chi connectivity index (χ3n) is 10.3. The fourth-order valence-corrected chi connectivity index (χ4v) is 8.02. The molecule has 1 unspecified atom stereocenters. The Morgan fingerprint density at radius 3 is 2.24 bits per heavy atom. The molecule has 55 heavy (non-hydrogen) atoms. The molecule has 300 valence electrons. The highest BCUT2D eigenvalue weighted by Gasteiger charge is 2.35. The Labute approximate surface area is 329 Å². The number of ether oxygens (including phenoxy) is 1. The SMILES string of the molecule is CC[C@H](C)[C@@H](CO)NC(=O)C[C@H](O)[C@H](CC(C)C)NC(=O)[C@H](CC1CSCN1C)NC(=O)[C@H](Cc1cccc2ccccc12)NC(=O)OCc1ccccc1. The fourth-order valence-electron chi connectivity index (χ4n) is 6.75. The van der Waals surface area contributed by atoms with Gasteiger partial charge < -0.3 is 36.2 Å². The molecule has 0 radical (unpaired) electrons. The summed E-state index contributed by atoms with van der Waals surface area (Å²) >= 11 is 1.73. The number of amides is 4. The molecular formula is C42H59N5O7S. The Kier molecular flexibility index (Phi) is 17.3. The molecule has 1 heterocycles. The number of hydrogen-bond acceptors (Lipinski definition) is 9. The number of fused-ring (bicyclic) bond motifs is 1. The molecule has 3 aromatic rings. The smallest absolute Gasteiger partial charge is 0.408 e. The molecule has 1 fully saturated rings. The van der Waals surface area contributed by atoms with Gasteiger partial charge in [-0.15, -0.1) is 11.8 Å². The van der Waals surface area contributed by atoms with E-state index in [4.69, 9.17) is 4.74 Å². The van der Waals surface area contributed by atoms with Gasteiger partial charge in [-0.2, -0.15) is 0 Å². The van der Waals surface area contributed by atoms with Crippen molar-refractivity contribution >= 4 is 46.3 Å². The van der Waals surface area contributed by atoms with Gasteiger partial charge in [-0.25, -0.2) is 4.79 Å². The zero-order valence-corrected chi connectivity index (χ0v) is 33.5. The lowest BCUT2D eigenvalue weighted by molar-refractivity contribution is -0.132. The molecule has 4 amide bonds. The number of aliphatic hydroxyl groups is 2. The van der Waals surface area contributed by atoms with E-state index in [1.165, 1.54) is 0 Å². The first-order valence-electron chi connectivity index (χ1n) is 19.3. The van der Waals surface area contributed by atoms with Crippen LogP contribution < -0.4 is 21.3 Å². The van der Waals surface area contributed by atoms with E-state index in [2.05, 4.69) is 26.2 Å². The zero-order valence-electron chi connectivity index (χ0n) is 32.7. The van der Waals surface area contributed by atoms with E-state index >= 15 is 0 Å². The second-order valence-electron chi connectivity index (χ2n) is 15.1. The maximum absolute atomic E-state index is 14.3. The number of nitrogens with one attached hydrogen (secondary N) is 4. The van der Waals surface area contributed by atoms with Crippen LogP contribution in [0.25, 0.3) is 10.8 Å². The number of thioether (sulfide) groups is 1. The molecule has 6 N–H and O–H groups in total. The van der Waals surface area contributed by atoms with E-state index < -0.39 is 54.1 Å². The lowest BCUT2D eigenvalue weighted by Gasteiger charge is -2.31. The van der Waals surface area contributed by atoms with E-state index in [0.29, 0.717) is 12.8 Å². The molecule has 13 heteroatoms. The predicted octanol–water partition coefficient (Wildman–Crippen LogP) is 4.36. The zero-order chi connectivity index (χ0) is 39.9. The van der Waals surface area contributed by atoms with Crippen LogP contribution in [0.1, 0.15) is 64.5 Å². The van der Waals surface area contributed by atoms with Crippen molar-refractivity contribution in [3.05, 3.63) is 83.9 Å². The van der Waals surface area contributed by atoms with E-state index in [-0.39, 0.29) is 43.9 Å².